The Hall–Kier alpha value is -2.47. The molecule has 7 heteroatoms. The van der Waals surface area contributed by atoms with Crippen LogP contribution in [0.25, 0.3) is 22.5 Å². The highest BCUT2D eigenvalue weighted by atomic mass is 35.5. The lowest BCUT2D eigenvalue weighted by molar-refractivity contribution is 0.630. The zero-order chi connectivity index (χ0) is 16.1. The predicted octanol–water partition coefficient (Wildman–Crippen LogP) is 3.20. The maximum atomic E-state index is 6.24. The number of hydrogen-bond acceptors (Lipinski definition) is 5. The molecule has 0 unspecified atom stereocenters. The van der Waals surface area contributed by atoms with E-state index in [9.17, 15) is 0 Å². The summed E-state index contributed by atoms with van der Waals surface area (Å²) in [6.45, 7) is 4.00. The number of nitrogen functional groups attached to an aromatic ring is 1. The van der Waals surface area contributed by atoms with Crippen molar-refractivity contribution in [2.75, 3.05) is 5.73 Å². The Morgan fingerprint density at radius 2 is 1.82 bits per heavy atom. The Bertz CT molecular complexity index is 751. The van der Waals surface area contributed by atoms with E-state index in [-0.39, 0.29) is 0 Å². The molecule has 0 spiro atoms. The number of aromatic nitrogens is 5. The lowest BCUT2D eigenvalue weighted by atomic mass is 10.0. The fraction of sp³-hybridized carbons (Fsp3) is 0.200. The molecule has 0 fully saturated rings. The van der Waals surface area contributed by atoms with Crippen molar-refractivity contribution in [2.45, 2.75) is 13.8 Å². The first-order valence-electron chi connectivity index (χ1n) is 6.89. The van der Waals surface area contributed by atoms with Gasteiger partial charge < -0.3 is 5.73 Å². The first-order valence-corrected chi connectivity index (χ1v) is 7.27. The van der Waals surface area contributed by atoms with Gasteiger partial charge in [-0.25, -0.2) is 4.98 Å². The average molecular weight is 317 g/mol. The fourth-order valence-corrected chi connectivity index (χ4v) is 2.08. The maximum Gasteiger partial charge on any atom is 0.204 e. The number of anilines is 1. The van der Waals surface area contributed by atoms with Gasteiger partial charge in [0.05, 0.1) is 7.05 Å². The highest BCUT2D eigenvalue weighted by molar-refractivity contribution is 6.33. The third-order valence-corrected chi connectivity index (χ3v) is 3.16. The van der Waals surface area contributed by atoms with Gasteiger partial charge >= 0.3 is 0 Å². The molecular weight excluding hydrogens is 300 g/mol. The average Bonchev–Trinajstić information content (AvgIpc) is 2.97. The van der Waals surface area contributed by atoms with Gasteiger partial charge in [-0.3, -0.25) is 0 Å². The summed E-state index contributed by atoms with van der Waals surface area (Å²) in [5, 5.41) is 12.6. The van der Waals surface area contributed by atoms with E-state index >= 15 is 0 Å². The Morgan fingerprint density at radius 3 is 2.41 bits per heavy atom. The van der Waals surface area contributed by atoms with Crippen LogP contribution in [-0.4, -0.2) is 25.2 Å². The van der Waals surface area contributed by atoms with Crippen LogP contribution in [0.5, 0.6) is 0 Å². The van der Waals surface area contributed by atoms with Crippen LogP contribution in [0.15, 0.2) is 36.5 Å². The van der Waals surface area contributed by atoms with E-state index in [4.69, 9.17) is 17.3 Å². The van der Waals surface area contributed by atoms with Crippen molar-refractivity contribution in [2.24, 2.45) is 7.05 Å². The standard InChI is InChI=1S/C13H11ClN6.C2H6/c1-20-18-13(17-19-20)8-2-4-11(14)10(6-8)9-3-5-12(15)16-7-9;1-2/h2-7H,1H3,(H2,15,16);1-2H3. The van der Waals surface area contributed by atoms with Crippen molar-refractivity contribution in [3.8, 4) is 22.5 Å². The Kier molecular flexibility index (Phi) is 5.06. The van der Waals surface area contributed by atoms with E-state index in [1.165, 1.54) is 4.80 Å². The van der Waals surface area contributed by atoms with Gasteiger partial charge in [0.15, 0.2) is 0 Å². The van der Waals surface area contributed by atoms with Crippen LogP contribution in [-0.2, 0) is 7.05 Å². The summed E-state index contributed by atoms with van der Waals surface area (Å²) >= 11 is 6.24. The van der Waals surface area contributed by atoms with Crippen molar-refractivity contribution in [1.29, 1.82) is 0 Å². The van der Waals surface area contributed by atoms with Gasteiger partial charge in [-0.2, -0.15) is 4.80 Å². The lowest BCUT2D eigenvalue weighted by Crippen LogP contribution is -1.92. The third kappa shape index (κ3) is 3.40. The van der Waals surface area contributed by atoms with Gasteiger partial charge in [-0.15, -0.1) is 10.2 Å². The maximum absolute atomic E-state index is 6.24. The van der Waals surface area contributed by atoms with E-state index in [0.717, 1.165) is 16.7 Å². The van der Waals surface area contributed by atoms with Crippen molar-refractivity contribution >= 4 is 17.4 Å². The molecule has 0 atom stereocenters. The molecule has 0 aliphatic heterocycles. The van der Waals surface area contributed by atoms with Crippen LogP contribution in [0, 0.1) is 0 Å². The number of rotatable bonds is 2. The molecule has 6 nitrogen and oxygen atoms in total. The topological polar surface area (TPSA) is 82.5 Å². The summed E-state index contributed by atoms with van der Waals surface area (Å²) in [5.41, 5.74) is 8.17. The number of nitrogens with two attached hydrogens (primary N) is 1. The SMILES string of the molecule is CC.Cn1nnc(-c2ccc(Cl)c(-c3ccc(N)nc3)c2)n1. The first-order chi connectivity index (χ1) is 10.6. The lowest BCUT2D eigenvalue weighted by Gasteiger charge is -2.06. The molecule has 2 N–H and O–H groups in total. The van der Waals surface area contributed by atoms with Crippen LogP contribution in [0.4, 0.5) is 5.82 Å². The molecule has 1 aromatic carbocycles. The number of hydrogen-bond donors (Lipinski definition) is 1. The second-order valence-corrected chi connectivity index (χ2v) is 4.68. The summed E-state index contributed by atoms with van der Waals surface area (Å²) in [6, 6.07) is 9.18. The van der Waals surface area contributed by atoms with Crippen LogP contribution < -0.4 is 5.73 Å². The van der Waals surface area contributed by atoms with Gasteiger partial charge in [-0.05, 0) is 35.5 Å². The summed E-state index contributed by atoms with van der Waals surface area (Å²) in [6.07, 6.45) is 1.68. The number of pyridine rings is 1. The number of tetrazole rings is 1. The molecule has 2 heterocycles. The molecule has 3 aromatic rings. The smallest absolute Gasteiger partial charge is 0.204 e. The number of benzene rings is 1. The largest absolute Gasteiger partial charge is 0.384 e. The molecule has 0 saturated carbocycles. The molecule has 2 aromatic heterocycles. The fourth-order valence-electron chi connectivity index (χ4n) is 1.85. The molecule has 0 aliphatic rings. The molecule has 0 radical (unpaired) electrons. The number of nitrogens with zero attached hydrogens (tertiary/aromatic N) is 5. The van der Waals surface area contributed by atoms with Gasteiger partial charge in [0.25, 0.3) is 0 Å². The monoisotopic (exact) mass is 316 g/mol. The minimum atomic E-state index is 0.469. The van der Waals surface area contributed by atoms with Crippen LogP contribution in [0.2, 0.25) is 5.02 Å². The first kappa shape index (κ1) is 15.9. The Balaban J connectivity index is 0.000000847. The van der Waals surface area contributed by atoms with E-state index in [2.05, 4.69) is 20.4 Å². The van der Waals surface area contributed by atoms with E-state index in [1.54, 1.807) is 25.4 Å². The van der Waals surface area contributed by atoms with Gasteiger partial charge in [0.1, 0.15) is 5.82 Å². The highest BCUT2D eigenvalue weighted by Gasteiger charge is 2.10. The third-order valence-electron chi connectivity index (χ3n) is 2.83. The van der Waals surface area contributed by atoms with Crippen molar-refractivity contribution in [1.82, 2.24) is 25.2 Å². The van der Waals surface area contributed by atoms with Crippen molar-refractivity contribution < 1.29 is 0 Å². The summed E-state index contributed by atoms with van der Waals surface area (Å²) in [4.78, 5) is 5.49. The molecule has 0 bridgehead atoms. The van der Waals surface area contributed by atoms with Crippen LogP contribution in [0.1, 0.15) is 13.8 Å². The molecule has 0 saturated heterocycles. The molecule has 3 rings (SSSR count). The van der Waals surface area contributed by atoms with E-state index < -0.39 is 0 Å². The number of aryl methyl sites for hydroxylation is 1. The molecule has 114 valence electrons. The quantitative estimate of drug-likeness (QED) is 0.785. The minimum absolute atomic E-state index is 0.469. The zero-order valence-electron chi connectivity index (χ0n) is 12.7. The van der Waals surface area contributed by atoms with Gasteiger partial charge in [0.2, 0.25) is 5.82 Å². The summed E-state index contributed by atoms with van der Waals surface area (Å²) in [5.74, 6) is 1.02. The van der Waals surface area contributed by atoms with Gasteiger partial charge in [-0.1, -0.05) is 25.4 Å². The Labute approximate surface area is 133 Å². The summed E-state index contributed by atoms with van der Waals surface area (Å²) in [7, 11) is 1.72. The van der Waals surface area contributed by atoms with Crippen molar-refractivity contribution in [3.63, 3.8) is 0 Å². The molecular formula is C15H17ClN6. The second kappa shape index (κ2) is 7.00. The number of halogens is 1. The van der Waals surface area contributed by atoms with Crippen molar-refractivity contribution in [3.05, 3.63) is 41.6 Å². The summed E-state index contributed by atoms with van der Waals surface area (Å²) < 4.78 is 0. The van der Waals surface area contributed by atoms with Crippen LogP contribution >= 0.6 is 11.6 Å². The molecule has 0 aliphatic carbocycles. The van der Waals surface area contributed by atoms with Gasteiger partial charge in [0, 0.05) is 27.9 Å². The zero-order valence-corrected chi connectivity index (χ0v) is 13.4. The molecule has 0 amide bonds. The minimum Gasteiger partial charge on any atom is -0.384 e. The second-order valence-electron chi connectivity index (χ2n) is 4.27. The van der Waals surface area contributed by atoms with E-state index in [0.29, 0.717) is 16.7 Å². The van der Waals surface area contributed by atoms with Crippen LogP contribution in [0.3, 0.4) is 0 Å². The highest BCUT2D eigenvalue weighted by Crippen LogP contribution is 2.31. The Morgan fingerprint density at radius 1 is 1.09 bits per heavy atom. The predicted molar refractivity (Wildman–Crippen MR) is 88.2 cm³/mol. The van der Waals surface area contributed by atoms with E-state index in [1.807, 2.05) is 32.0 Å². The normalized spacial score (nSPS) is 10.0. The molecule has 22 heavy (non-hydrogen) atoms.